The van der Waals surface area contributed by atoms with Crippen molar-refractivity contribution < 1.29 is 4.79 Å². The molecule has 0 spiro atoms. The minimum absolute atomic E-state index is 0.0201. The highest BCUT2D eigenvalue weighted by atomic mass is 79.9. The van der Waals surface area contributed by atoms with E-state index in [9.17, 15) is 4.79 Å². The summed E-state index contributed by atoms with van der Waals surface area (Å²) in [5.41, 5.74) is 7.03. The molecule has 1 aromatic carbocycles. The zero-order valence-electron chi connectivity index (χ0n) is 11.7. The maximum absolute atomic E-state index is 12.3. The topological polar surface area (TPSA) is 55.1 Å². The fraction of sp³-hybridized carbons (Fsp3) is 0.562. The van der Waals surface area contributed by atoms with Gasteiger partial charge in [0.25, 0.3) is 5.91 Å². The number of rotatable bonds is 3. The maximum atomic E-state index is 12.3. The van der Waals surface area contributed by atoms with Gasteiger partial charge in [0.05, 0.1) is 0 Å². The molecule has 0 aromatic heterocycles. The first-order valence-electron chi connectivity index (χ1n) is 7.40. The zero-order chi connectivity index (χ0) is 14.3. The number of nitrogen functional groups attached to an aromatic ring is 1. The lowest BCUT2D eigenvalue weighted by Crippen LogP contribution is -2.40. The highest BCUT2D eigenvalue weighted by Gasteiger charge is 2.42. The van der Waals surface area contributed by atoms with Crippen LogP contribution >= 0.6 is 15.9 Å². The highest BCUT2D eigenvalue weighted by molar-refractivity contribution is 9.10. The molecule has 20 heavy (non-hydrogen) atoms. The fourth-order valence-electron chi connectivity index (χ4n) is 4.05. The number of amides is 1. The molecule has 0 aliphatic heterocycles. The lowest BCUT2D eigenvalue weighted by Gasteiger charge is -2.28. The molecule has 2 saturated carbocycles. The molecule has 0 radical (unpaired) electrons. The van der Waals surface area contributed by atoms with Gasteiger partial charge >= 0.3 is 0 Å². The molecule has 2 fully saturated rings. The number of nitrogens with one attached hydrogen (secondary N) is 1. The van der Waals surface area contributed by atoms with Gasteiger partial charge in [0.15, 0.2) is 0 Å². The summed E-state index contributed by atoms with van der Waals surface area (Å²) < 4.78 is 0.843. The number of halogens is 1. The van der Waals surface area contributed by atoms with Crippen molar-refractivity contribution in [3.05, 3.63) is 28.2 Å². The van der Waals surface area contributed by atoms with Crippen molar-refractivity contribution >= 4 is 27.5 Å². The van der Waals surface area contributed by atoms with E-state index >= 15 is 0 Å². The van der Waals surface area contributed by atoms with E-state index in [4.69, 9.17) is 5.73 Å². The van der Waals surface area contributed by atoms with Crippen molar-refractivity contribution in [1.29, 1.82) is 0 Å². The lowest BCUT2D eigenvalue weighted by atomic mass is 9.84. The largest absolute Gasteiger partial charge is 0.399 e. The van der Waals surface area contributed by atoms with Crippen LogP contribution in [0.3, 0.4) is 0 Å². The molecule has 1 amide bonds. The molecule has 0 heterocycles. The number of anilines is 1. The van der Waals surface area contributed by atoms with Gasteiger partial charge < -0.3 is 11.1 Å². The quantitative estimate of drug-likeness (QED) is 0.828. The van der Waals surface area contributed by atoms with Crippen molar-refractivity contribution in [2.45, 2.75) is 38.6 Å². The fourth-order valence-corrected chi connectivity index (χ4v) is 4.56. The Morgan fingerprint density at radius 1 is 1.35 bits per heavy atom. The summed E-state index contributed by atoms with van der Waals surface area (Å²) in [6.07, 6.45) is 5.39. The molecule has 2 aliphatic carbocycles. The standard InChI is InChI=1S/C16H21BrN2O/c1-9(15-5-10-2-3-11(15)4-10)19-16(20)12-6-13(17)8-14(18)7-12/h6-11,15H,2-5,18H2,1H3,(H,19,20). The number of hydrogen-bond acceptors (Lipinski definition) is 2. The minimum Gasteiger partial charge on any atom is -0.399 e. The van der Waals surface area contributed by atoms with Gasteiger partial charge in [-0.3, -0.25) is 4.79 Å². The summed E-state index contributed by atoms with van der Waals surface area (Å²) in [7, 11) is 0. The zero-order valence-corrected chi connectivity index (χ0v) is 13.3. The number of benzene rings is 1. The smallest absolute Gasteiger partial charge is 0.251 e. The molecule has 3 N–H and O–H groups in total. The summed E-state index contributed by atoms with van der Waals surface area (Å²) in [4.78, 5) is 12.3. The van der Waals surface area contributed by atoms with Crippen molar-refractivity contribution in [2.24, 2.45) is 17.8 Å². The summed E-state index contributed by atoms with van der Waals surface area (Å²) in [5, 5.41) is 3.16. The second kappa shape index (κ2) is 5.40. The summed E-state index contributed by atoms with van der Waals surface area (Å²) in [6.45, 7) is 2.14. The van der Waals surface area contributed by atoms with Crippen molar-refractivity contribution in [2.75, 3.05) is 5.73 Å². The van der Waals surface area contributed by atoms with Crippen LogP contribution < -0.4 is 11.1 Å². The van der Waals surface area contributed by atoms with Crippen LogP contribution in [0, 0.1) is 17.8 Å². The molecule has 3 nitrogen and oxygen atoms in total. The van der Waals surface area contributed by atoms with Crippen LogP contribution in [0.4, 0.5) is 5.69 Å². The Labute approximate surface area is 128 Å². The Balaban J connectivity index is 1.66. The monoisotopic (exact) mass is 336 g/mol. The number of carbonyl (C=O) groups excluding carboxylic acids is 1. The molecule has 0 saturated heterocycles. The molecular formula is C16H21BrN2O. The third kappa shape index (κ3) is 2.71. The molecule has 108 valence electrons. The molecule has 4 atom stereocenters. The van der Waals surface area contributed by atoms with E-state index < -0.39 is 0 Å². The van der Waals surface area contributed by atoms with Gasteiger partial charge in [0.1, 0.15) is 0 Å². The van der Waals surface area contributed by atoms with E-state index in [0.717, 1.165) is 16.3 Å². The Morgan fingerprint density at radius 3 is 2.75 bits per heavy atom. The molecule has 2 aliphatic rings. The third-order valence-electron chi connectivity index (χ3n) is 4.98. The molecule has 1 aromatic rings. The van der Waals surface area contributed by atoms with E-state index in [1.54, 1.807) is 12.1 Å². The van der Waals surface area contributed by atoms with E-state index in [2.05, 4.69) is 28.2 Å². The van der Waals surface area contributed by atoms with Gasteiger partial charge in [0, 0.05) is 21.8 Å². The van der Waals surface area contributed by atoms with Gasteiger partial charge in [-0.1, -0.05) is 22.4 Å². The Bertz CT molecular complexity index is 511. The highest BCUT2D eigenvalue weighted by Crippen LogP contribution is 2.49. The molecule has 2 bridgehead atoms. The number of fused-ring (bicyclic) bond motifs is 2. The first-order chi connectivity index (χ1) is 9.52. The Kier molecular flexibility index (Phi) is 3.76. The normalized spacial score (nSPS) is 29.4. The Hall–Kier alpha value is -1.03. The Morgan fingerprint density at radius 2 is 2.15 bits per heavy atom. The first-order valence-corrected chi connectivity index (χ1v) is 8.19. The molecule has 4 unspecified atom stereocenters. The summed E-state index contributed by atoms with van der Waals surface area (Å²) in [6, 6.07) is 5.60. The van der Waals surface area contributed by atoms with E-state index in [1.165, 1.54) is 25.7 Å². The summed E-state index contributed by atoms with van der Waals surface area (Å²) >= 11 is 3.38. The second-order valence-corrected chi connectivity index (χ2v) is 7.29. The van der Waals surface area contributed by atoms with Crippen LogP contribution in [0.15, 0.2) is 22.7 Å². The van der Waals surface area contributed by atoms with E-state index in [0.29, 0.717) is 17.2 Å². The predicted molar refractivity (Wildman–Crippen MR) is 84.4 cm³/mol. The van der Waals surface area contributed by atoms with Crippen LogP contribution in [-0.4, -0.2) is 11.9 Å². The van der Waals surface area contributed by atoms with Gasteiger partial charge in [-0.05, 0) is 62.1 Å². The van der Waals surface area contributed by atoms with Gasteiger partial charge in [-0.2, -0.15) is 0 Å². The lowest BCUT2D eigenvalue weighted by molar-refractivity contribution is 0.0915. The first kappa shape index (κ1) is 13.9. The van der Waals surface area contributed by atoms with Crippen LogP contribution in [0.5, 0.6) is 0 Å². The van der Waals surface area contributed by atoms with Crippen molar-refractivity contribution in [1.82, 2.24) is 5.32 Å². The van der Waals surface area contributed by atoms with Gasteiger partial charge in [0.2, 0.25) is 0 Å². The average Bonchev–Trinajstić information content (AvgIpc) is 2.99. The van der Waals surface area contributed by atoms with Crippen molar-refractivity contribution in [3.63, 3.8) is 0 Å². The number of nitrogens with two attached hydrogens (primary N) is 1. The van der Waals surface area contributed by atoms with Crippen molar-refractivity contribution in [3.8, 4) is 0 Å². The molecular weight excluding hydrogens is 316 g/mol. The minimum atomic E-state index is -0.0201. The molecule has 3 rings (SSSR count). The van der Waals surface area contributed by atoms with E-state index in [-0.39, 0.29) is 11.9 Å². The predicted octanol–water partition coefficient (Wildman–Crippen LogP) is 3.59. The van der Waals surface area contributed by atoms with Crippen LogP contribution in [0.1, 0.15) is 43.0 Å². The van der Waals surface area contributed by atoms with Crippen LogP contribution in [0.25, 0.3) is 0 Å². The van der Waals surface area contributed by atoms with Crippen LogP contribution in [-0.2, 0) is 0 Å². The van der Waals surface area contributed by atoms with Crippen LogP contribution in [0.2, 0.25) is 0 Å². The van der Waals surface area contributed by atoms with Gasteiger partial charge in [-0.15, -0.1) is 0 Å². The third-order valence-corrected chi connectivity index (χ3v) is 5.43. The second-order valence-electron chi connectivity index (χ2n) is 6.37. The maximum Gasteiger partial charge on any atom is 0.251 e. The van der Waals surface area contributed by atoms with E-state index in [1.807, 2.05) is 6.07 Å². The SMILES string of the molecule is CC(NC(=O)c1cc(N)cc(Br)c1)C1CC2CCC1C2. The summed E-state index contributed by atoms with van der Waals surface area (Å²) in [5.74, 6) is 2.37. The number of carbonyl (C=O) groups is 1. The number of hydrogen-bond donors (Lipinski definition) is 2. The average molecular weight is 337 g/mol. The van der Waals surface area contributed by atoms with Gasteiger partial charge in [-0.25, -0.2) is 0 Å². The molecule has 4 heteroatoms.